The maximum Gasteiger partial charge on any atom is 0.416 e. The predicted molar refractivity (Wildman–Crippen MR) is 56.1 cm³/mol. The van der Waals surface area contributed by atoms with Gasteiger partial charge in [0.15, 0.2) is 5.78 Å². The minimum absolute atomic E-state index is 0.0403. The standard InChI is InChI=1S/C12H11F3O3/c13-12(14,15)9-3-1-2-8(4-9)10(17)11(5-16)6-18-7-11/h1-4,16H,5-7H2. The largest absolute Gasteiger partial charge is 0.416 e. The molecule has 1 saturated heterocycles. The molecule has 0 spiro atoms. The Bertz CT molecular complexity index is 458. The second-order valence-electron chi connectivity index (χ2n) is 4.34. The number of hydrogen-bond donors (Lipinski definition) is 1. The van der Waals surface area contributed by atoms with Crippen LogP contribution < -0.4 is 0 Å². The van der Waals surface area contributed by atoms with Gasteiger partial charge >= 0.3 is 6.18 Å². The Morgan fingerprint density at radius 1 is 1.39 bits per heavy atom. The quantitative estimate of drug-likeness (QED) is 0.844. The third-order valence-corrected chi connectivity index (χ3v) is 2.99. The molecule has 1 aliphatic rings. The summed E-state index contributed by atoms with van der Waals surface area (Å²) in [5.41, 5.74) is -2.01. The summed E-state index contributed by atoms with van der Waals surface area (Å²) in [6, 6.07) is 4.20. The van der Waals surface area contributed by atoms with Gasteiger partial charge in [-0.1, -0.05) is 12.1 Å². The van der Waals surface area contributed by atoms with Crippen LogP contribution in [0.2, 0.25) is 0 Å². The summed E-state index contributed by atoms with van der Waals surface area (Å²) in [5.74, 6) is -0.512. The lowest BCUT2D eigenvalue weighted by Crippen LogP contribution is -2.51. The number of aliphatic hydroxyl groups is 1. The van der Waals surface area contributed by atoms with Gasteiger partial charge in [0.1, 0.15) is 5.41 Å². The Hall–Kier alpha value is -1.40. The van der Waals surface area contributed by atoms with Crippen LogP contribution in [0.5, 0.6) is 0 Å². The van der Waals surface area contributed by atoms with Crippen LogP contribution >= 0.6 is 0 Å². The highest BCUT2D eigenvalue weighted by Gasteiger charge is 2.46. The summed E-state index contributed by atoms with van der Waals surface area (Å²) in [5, 5.41) is 9.17. The Morgan fingerprint density at radius 2 is 2.06 bits per heavy atom. The van der Waals surface area contributed by atoms with Gasteiger partial charge in [-0.15, -0.1) is 0 Å². The number of carbonyl (C=O) groups excluding carboxylic acids is 1. The fourth-order valence-corrected chi connectivity index (χ4v) is 1.79. The number of hydrogen-bond acceptors (Lipinski definition) is 3. The van der Waals surface area contributed by atoms with Gasteiger partial charge in [-0.2, -0.15) is 13.2 Å². The minimum Gasteiger partial charge on any atom is -0.395 e. The molecule has 0 amide bonds. The van der Waals surface area contributed by atoms with E-state index in [1.165, 1.54) is 12.1 Å². The molecule has 0 radical (unpaired) electrons. The second-order valence-corrected chi connectivity index (χ2v) is 4.34. The highest BCUT2D eigenvalue weighted by Crippen LogP contribution is 2.34. The SMILES string of the molecule is O=C(c1cccc(C(F)(F)F)c1)C1(CO)COC1. The van der Waals surface area contributed by atoms with E-state index in [-0.39, 0.29) is 18.8 Å². The van der Waals surface area contributed by atoms with Crippen molar-refractivity contribution in [2.75, 3.05) is 19.8 Å². The number of ether oxygens (including phenoxy) is 1. The van der Waals surface area contributed by atoms with E-state index >= 15 is 0 Å². The lowest BCUT2D eigenvalue weighted by Gasteiger charge is -2.38. The van der Waals surface area contributed by atoms with Crippen molar-refractivity contribution in [3.63, 3.8) is 0 Å². The summed E-state index contributed by atoms with van der Waals surface area (Å²) in [4.78, 5) is 12.1. The summed E-state index contributed by atoms with van der Waals surface area (Å²) in [6.45, 7) is -0.348. The van der Waals surface area contributed by atoms with Crippen LogP contribution in [0.3, 0.4) is 0 Å². The van der Waals surface area contributed by atoms with E-state index in [1.807, 2.05) is 0 Å². The average Bonchev–Trinajstić information content (AvgIpc) is 2.27. The van der Waals surface area contributed by atoms with Gasteiger partial charge in [-0.05, 0) is 12.1 Å². The molecule has 2 rings (SSSR count). The molecule has 0 unspecified atom stereocenters. The van der Waals surface area contributed by atoms with Crippen LogP contribution in [0, 0.1) is 5.41 Å². The molecule has 1 aromatic rings. The molecule has 1 heterocycles. The van der Waals surface area contributed by atoms with Crippen LogP contribution in [-0.4, -0.2) is 30.7 Å². The first-order valence-corrected chi connectivity index (χ1v) is 5.30. The van der Waals surface area contributed by atoms with E-state index in [9.17, 15) is 23.1 Å². The van der Waals surface area contributed by atoms with E-state index in [0.717, 1.165) is 12.1 Å². The molecule has 1 N–H and O–H groups in total. The van der Waals surface area contributed by atoms with E-state index < -0.39 is 29.5 Å². The maximum atomic E-state index is 12.5. The number of aliphatic hydroxyl groups excluding tert-OH is 1. The maximum absolute atomic E-state index is 12.5. The van der Waals surface area contributed by atoms with Crippen LogP contribution in [0.1, 0.15) is 15.9 Å². The van der Waals surface area contributed by atoms with Crippen molar-refractivity contribution in [2.45, 2.75) is 6.18 Å². The molecule has 18 heavy (non-hydrogen) atoms. The summed E-state index contributed by atoms with van der Waals surface area (Å²) in [7, 11) is 0. The van der Waals surface area contributed by atoms with Crippen molar-refractivity contribution < 1.29 is 27.8 Å². The van der Waals surface area contributed by atoms with E-state index in [0.29, 0.717) is 0 Å². The van der Waals surface area contributed by atoms with Crippen LogP contribution in [0.4, 0.5) is 13.2 Å². The van der Waals surface area contributed by atoms with Crippen molar-refractivity contribution in [2.24, 2.45) is 5.41 Å². The number of alkyl halides is 3. The first kappa shape index (κ1) is 13.0. The molecule has 0 atom stereocenters. The molecule has 0 aliphatic carbocycles. The van der Waals surface area contributed by atoms with Gasteiger partial charge in [0.2, 0.25) is 0 Å². The highest BCUT2D eigenvalue weighted by molar-refractivity contribution is 6.01. The average molecular weight is 260 g/mol. The van der Waals surface area contributed by atoms with Crippen molar-refractivity contribution in [1.82, 2.24) is 0 Å². The van der Waals surface area contributed by atoms with E-state index in [4.69, 9.17) is 4.74 Å². The molecule has 98 valence electrons. The fourth-order valence-electron chi connectivity index (χ4n) is 1.79. The second kappa shape index (κ2) is 4.37. The first-order chi connectivity index (χ1) is 8.39. The topological polar surface area (TPSA) is 46.5 Å². The zero-order valence-electron chi connectivity index (χ0n) is 9.33. The summed E-state index contributed by atoms with van der Waals surface area (Å²) >= 11 is 0. The zero-order chi connectivity index (χ0) is 13.4. The number of halogens is 3. The van der Waals surface area contributed by atoms with E-state index in [1.54, 1.807) is 0 Å². The summed E-state index contributed by atoms with van der Waals surface area (Å²) < 4.78 is 42.4. The third-order valence-electron chi connectivity index (χ3n) is 2.99. The Morgan fingerprint density at radius 3 is 2.50 bits per heavy atom. The first-order valence-electron chi connectivity index (χ1n) is 5.30. The molecule has 3 nitrogen and oxygen atoms in total. The molecule has 6 heteroatoms. The lowest BCUT2D eigenvalue weighted by atomic mass is 9.79. The number of carbonyl (C=O) groups is 1. The Balaban J connectivity index is 2.32. The van der Waals surface area contributed by atoms with Crippen LogP contribution in [-0.2, 0) is 10.9 Å². The Kier molecular flexibility index (Phi) is 3.16. The van der Waals surface area contributed by atoms with Gasteiger partial charge in [0.05, 0.1) is 25.4 Å². The van der Waals surface area contributed by atoms with Gasteiger partial charge < -0.3 is 9.84 Å². The normalized spacial score (nSPS) is 18.2. The monoisotopic (exact) mass is 260 g/mol. The zero-order valence-corrected chi connectivity index (χ0v) is 9.33. The fraction of sp³-hybridized carbons (Fsp3) is 0.417. The number of rotatable bonds is 3. The number of ketones is 1. The van der Waals surface area contributed by atoms with Crippen LogP contribution in [0.15, 0.2) is 24.3 Å². The summed E-state index contributed by atoms with van der Waals surface area (Å²) in [6.07, 6.45) is -4.49. The molecule has 0 bridgehead atoms. The van der Waals surface area contributed by atoms with Gasteiger partial charge in [-0.3, -0.25) is 4.79 Å². The molecule has 0 aromatic heterocycles. The van der Waals surface area contributed by atoms with Crippen molar-refractivity contribution in [1.29, 1.82) is 0 Å². The van der Waals surface area contributed by atoms with Crippen molar-refractivity contribution in [3.8, 4) is 0 Å². The Labute approximate surface area is 101 Å². The molecule has 1 aromatic carbocycles. The van der Waals surface area contributed by atoms with E-state index in [2.05, 4.69) is 0 Å². The number of Topliss-reactive ketones (excluding diaryl/α,β-unsaturated/α-hetero) is 1. The van der Waals surface area contributed by atoms with Gasteiger partial charge in [-0.25, -0.2) is 0 Å². The minimum atomic E-state index is -4.49. The number of benzene rings is 1. The smallest absolute Gasteiger partial charge is 0.395 e. The molecular weight excluding hydrogens is 249 g/mol. The van der Waals surface area contributed by atoms with Gasteiger partial charge in [0, 0.05) is 5.56 Å². The molecule has 1 aliphatic heterocycles. The van der Waals surface area contributed by atoms with Crippen LogP contribution in [0.25, 0.3) is 0 Å². The molecule has 1 fully saturated rings. The lowest BCUT2D eigenvalue weighted by molar-refractivity contribution is -0.137. The highest BCUT2D eigenvalue weighted by atomic mass is 19.4. The van der Waals surface area contributed by atoms with Gasteiger partial charge in [0.25, 0.3) is 0 Å². The molecular formula is C12H11F3O3. The predicted octanol–water partition coefficient (Wildman–Crippen LogP) is 1.90. The van der Waals surface area contributed by atoms with Crippen molar-refractivity contribution >= 4 is 5.78 Å². The third kappa shape index (κ3) is 2.13. The molecule has 0 saturated carbocycles. The van der Waals surface area contributed by atoms with Crippen molar-refractivity contribution in [3.05, 3.63) is 35.4 Å².